The zero-order chi connectivity index (χ0) is 11.1. The lowest BCUT2D eigenvalue weighted by molar-refractivity contribution is -0.126. The molecule has 5 nitrogen and oxygen atoms in total. The molecule has 1 fully saturated rings. The molecule has 0 spiro atoms. The third kappa shape index (κ3) is 4.00. The van der Waals surface area contributed by atoms with E-state index in [4.69, 9.17) is 6.42 Å². The van der Waals surface area contributed by atoms with E-state index in [0.717, 1.165) is 6.42 Å². The van der Waals surface area contributed by atoms with Gasteiger partial charge in [0.1, 0.15) is 6.04 Å². The van der Waals surface area contributed by atoms with Gasteiger partial charge in [-0.15, -0.1) is 12.3 Å². The quantitative estimate of drug-likeness (QED) is 0.394. The van der Waals surface area contributed by atoms with Gasteiger partial charge in [0.2, 0.25) is 11.8 Å². The summed E-state index contributed by atoms with van der Waals surface area (Å²) in [5.74, 6) is 2.33. The van der Waals surface area contributed by atoms with Crippen molar-refractivity contribution in [3.05, 3.63) is 0 Å². The number of terminal acetylenes is 1. The molecule has 82 valence electrons. The van der Waals surface area contributed by atoms with Gasteiger partial charge in [-0.1, -0.05) is 0 Å². The van der Waals surface area contributed by atoms with Crippen molar-refractivity contribution in [1.82, 2.24) is 16.0 Å². The summed E-state index contributed by atoms with van der Waals surface area (Å²) in [4.78, 5) is 22.3. The van der Waals surface area contributed by atoms with Crippen LogP contribution in [0.25, 0.3) is 0 Å². The maximum atomic E-state index is 11.5. The summed E-state index contributed by atoms with van der Waals surface area (Å²) >= 11 is 0. The van der Waals surface area contributed by atoms with E-state index in [2.05, 4.69) is 21.9 Å². The van der Waals surface area contributed by atoms with Crippen molar-refractivity contribution >= 4 is 11.8 Å². The minimum Gasteiger partial charge on any atom is -0.355 e. The SMILES string of the molecule is C#CCCCNC(=O)C1CNC(=O)CN1. The van der Waals surface area contributed by atoms with Crippen molar-refractivity contribution in [3.63, 3.8) is 0 Å². The molecule has 0 saturated carbocycles. The summed E-state index contributed by atoms with van der Waals surface area (Å²) in [6.45, 7) is 1.12. The van der Waals surface area contributed by atoms with E-state index in [1.807, 2.05) is 0 Å². The Kier molecular flexibility index (Phi) is 4.64. The van der Waals surface area contributed by atoms with Crippen molar-refractivity contribution in [2.24, 2.45) is 0 Å². The van der Waals surface area contributed by atoms with Crippen LogP contribution in [0, 0.1) is 12.3 Å². The predicted octanol–water partition coefficient (Wildman–Crippen LogP) is -1.40. The fraction of sp³-hybridized carbons (Fsp3) is 0.600. The molecule has 0 bridgehead atoms. The fourth-order valence-corrected chi connectivity index (χ4v) is 1.28. The second kappa shape index (κ2) is 6.04. The van der Waals surface area contributed by atoms with Crippen LogP contribution in [0.15, 0.2) is 0 Å². The van der Waals surface area contributed by atoms with E-state index >= 15 is 0 Å². The highest BCUT2D eigenvalue weighted by Crippen LogP contribution is 1.89. The zero-order valence-corrected chi connectivity index (χ0v) is 8.51. The molecule has 2 amide bonds. The average Bonchev–Trinajstić information content (AvgIpc) is 2.25. The lowest BCUT2D eigenvalue weighted by Crippen LogP contribution is -2.58. The highest BCUT2D eigenvalue weighted by Gasteiger charge is 2.22. The maximum absolute atomic E-state index is 11.5. The van der Waals surface area contributed by atoms with Crippen LogP contribution in [0.3, 0.4) is 0 Å². The highest BCUT2D eigenvalue weighted by atomic mass is 16.2. The molecular formula is C10H15N3O2. The maximum Gasteiger partial charge on any atom is 0.238 e. The Hall–Kier alpha value is -1.54. The molecule has 3 N–H and O–H groups in total. The van der Waals surface area contributed by atoms with Crippen molar-refractivity contribution in [2.75, 3.05) is 19.6 Å². The van der Waals surface area contributed by atoms with Crippen LogP contribution in [-0.2, 0) is 9.59 Å². The van der Waals surface area contributed by atoms with E-state index in [9.17, 15) is 9.59 Å². The summed E-state index contributed by atoms with van der Waals surface area (Å²) in [6.07, 6.45) is 6.52. The van der Waals surface area contributed by atoms with Gasteiger partial charge in [0.15, 0.2) is 0 Å². The van der Waals surface area contributed by atoms with Gasteiger partial charge in [0.05, 0.1) is 6.54 Å². The molecule has 0 aromatic carbocycles. The van der Waals surface area contributed by atoms with Gasteiger partial charge in [-0.25, -0.2) is 0 Å². The summed E-state index contributed by atoms with van der Waals surface area (Å²) in [5.41, 5.74) is 0. The van der Waals surface area contributed by atoms with Gasteiger partial charge >= 0.3 is 0 Å². The Bertz CT molecular complexity index is 273. The number of amides is 2. The number of hydrogen-bond donors (Lipinski definition) is 3. The van der Waals surface area contributed by atoms with E-state index < -0.39 is 0 Å². The Morgan fingerprint density at radius 2 is 2.47 bits per heavy atom. The number of carbonyl (C=O) groups excluding carboxylic acids is 2. The van der Waals surface area contributed by atoms with Gasteiger partial charge < -0.3 is 10.6 Å². The number of hydrogen-bond acceptors (Lipinski definition) is 3. The molecule has 1 aliphatic heterocycles. The molecule has 5 heteroatoms. The molecule has 1 aliphatic rings. The van der Waals surface area contributed by atoms with Crippen molar-refractivity contribution in [1.29, 1.82) is 0 Å². The largest absolute Gasteiger partial charge is 0.355 e. The van der Waals surface area contributed by atoms with Crippen molar-refractivity contribution in [3.8, 4) is 12.3 Å². The zero-order valence-electron chi connectivity index (χ0n) is 8.51. The van der Waals surface area contributed by atoms with Gasteiger partial charge in [-0.3, -0.25) is 14.9 Å². The second-order valence-corrected chi connectivity index (χ2v) is 3.34. The first kappa shape index (κ1) is 11.5. The van der Waals surface area contributed by atoms with E-state index in [-0.39, 0.29) is 24.4 Å². The van der Waals surface area contributed by atoms with Gasteiger partial charge in [-0.2, -0.15) is 0 Å². The molecule has 1 heterocycles. The molecule has 15 heavy (non-hydrogen) atoms. The number of carbonyl (C=O) groups is 2. The van der Waals surface area contributed by atoms with Crippen molar-refractivity contribution < 1.29 is 9.59 Å². The van der Waals surface area contributed by atoms with Gasteiger partial charge in [-0.05, 0) is 6.42 Å². The predicted molar refractivity (Wildman–Crippen MR) is 55.9 cm³/mol. The summed E-state index contributed by atoms with van der Waals surface area (Å²) in [7, 11) is 0. The van der Waals surface area contributed by atoms with E-state index in [1.165, 1.54) is 0 Å². The van der Waals surface area contributed by atoms with Crippen LogP contribution in [0.1, 0.15) is 12.8 Å². The molecule has 1 atom stereocenters. The molecule has 1 saturated heterocycles. The molecule has 1 unspecified atom stereocenters. The smallest absolute Gasteiger partial charge is 0.238 e. The third-order valence-corrected chi connectivity index (χ3v) is 2.13. The second-order valence-electron chi connectivity index (χ2n) is 3.34. The van der Waals surface area contributed by atoms with Crippen LogP contribution in [0.4, 0.5) is 0 Å². The minimum absolute atomic E-state index is 0.0774. The Labute approximate surface area is 89.0 Å². The average molecular weight is 209 g/mol. The number of unbranched alkanes of at least 4 members (excludes halogenated alkanes) is 1. The van der Waals surface area contributed by atoms with Crippen LogP contribution >= 0.6 is 0 Å². The van der Waals surface area contributed by atoms with Crippen LogP contribution in [0.5, 0.6) is 0 Å². The van der Waals surface area contributed by atoms with Crippen LogP contribution in [0.2, 0.25) is 0 Å². The molecule has 0 aromatic rings. The Morgan fingerprint density at radius 3 is 3.07 bits per heavy atom. The standard InChI is InChI=1S/C10H15N3O2/c1-2-3-4-5-11-10(15)8-6-13-9(14)7-12-8/h1,8,12H,3-7H2,(H,11,15)(H,13,14). The Morgan fingerprint density at radius 1 is 1.67 bits per heavy atom. The third-order valence-electron chi connectivity index (χ3n) is 2.13. The summed E-state index contributed by atoms with van der Waals surface area (Å²) in [6, 6.07) is -0.325. The first-order valence-corrected chi connectivity index (χ1v) is 4.95. The monoisotopic (exact) mass is 209 g/mol. The lowest BCUT2D eigenvalue weighted by atomic mass is 10.2. The minimum atomic E-state index is -0.325. The van der Waals surface area contributed by atoms with E-state index in [1.54, 1.807) is 0 Å². The molecule has 1 rings (SSSR count). The first-order chi connectivity index (χ1) is 7.24. The van der Waals surface area contributed by atoms with E-state index in [0.29, 0.717) is 19.5 Å². The Balaban J connectivity index is 2.17. The molecular weight excluding hydrogens is 194 g/mol. The molecule has 0 aromatic heterocycles. The molecule has 0 radical (unpaired) electrons. The highest BCUT2D eigenvalue weighted by molar-refractivity contribution is 5.86. The lowest BCUT2D eigenvalue weighted by Gasteiger charge is -2.23. The number of rotatable bonds is 4. The molecule has 0 aliphatic carbocycles. The topological polar surface area (TPSA) is 70.2 Å². The van der Waals surface area contributed by atoms with Crippen LogP contribution < -0.4 is 16.0 Å². The summed E-state index contributed by atoms with van der Waals surface area (Å²) < 4.78 is 0. The number of piperazine rings is 1. The van der Waals surface area contributed by atoms with Crippen molar-refractivity contribution in [2.45, 2.75) is 18.9 Å². The normalized spacial score (nSPS) is 20.2. The van der Waals surface area contributed by atoms with Gasteiger partial charge in [0.25, 0.3) is 0 Å². The fourth-order valence-electron chi connectivity index (χ4n) is 1.28. The first-order valence-electron chi connectivity index (χ1n) is 4.95. The van der Waals surface area contributed by atoms with Gasteiger partial charge in [0, 0.05) is 19.5 Å². The summed E-state index contributed by atoms with van der Waals surface area (Å²) in [5, 5.41) is 8.22. The van der Waals surface area contributed by atoms with Crippen LogP contribution in [-0.4, -0.2) is 37.5 Å². The number of nitrogens with one attached hydrogen (secondary N) is 3.